The smallest absolute Gasteiger partial charge is 0.390 e. The summed E-state index contributed by atoms with van der Waals surface area (Å²) in [4.78, 5) is 29.2. The van der Waals surface area contributed by atoms with Crippen LogP contribution in [0.2, 0.25) is 0 Å². The van der Waals surface area contributed by atoms with Crippen LogP contribution < -0.4 is 4.84 Å². The predicted molar refractivity (Wildman–Crippen MR) is 54.8 cm³/mol. The highest BCUT2D eigenvalue weighted by Gasteiger charge is 2.29. The maximum absolute atomic E-state index is 10.8. The van der Waals surface area contributed by atoms with Crippen molar-refractivity contribution in [3.8, 4) is 0 Å². The molecule has 0 atom stereocenters. The number of hydrogen-bond acceptors (Lipinski definition) is 5. The quantitative estimate of drug-likeness (QED) is 0.557. The van der Waals surface area contributed by atoms with Gasteiger partial charge in [-0.2, -0.15) is 0 Å². The molecule has 88 valence electrons. The van der Waals surface area contributed by atoms with Crippen molar-refractivity contribution >= 4 is 11.9 Å². The summed E-state index contributed by atoms with van der Waals surface area (Å²) in [7, 11) is 0. The second-order valence-electron chi connectivity index (χ2n) is 4.34. The van der Waals surface area contributed by atoms with Crippen molar-refractivity contribution in [3.63, 3.8) is 0 Å². The third-order valence-corrected chi connectivity index (χ3v) is 1.82. The van der Waals surface area contributed by atoms with E-state index in [1.165, 1.54) is 13.1 Å². The van der Waals surface area contributed by atoms with Gasteiger partial charge in [0.05, 0.1) is 0 Å². The van der Waals surface area contributed by atoms with E-state index in [4.69, 9.17) is 0 Å². The van der Waals surface area contributed by atoms with Gasteiger partial charge in [0.25, 0.3) is 0 Å². The minimum absolute atomic E-state index is 0.351. The molecule has 0 unspecified atom stereocenters. The summed E-state index contributed by atoms with van der Waals surface area (Å²) in [6.45, 7) is 6.74. The lowest BCUT2D eigenvalue weighted by Gasteiger charge is -2.10. The van der Waals surface area contributed by atoms with Gasteiger partial charge in [-0.3, -0.25) is 4.84 Å². The van der Waals surface area contributed by atoms with Gasteiger partial charge in [0.2, 0.25) is 0 Å². The van der Waals surface area contributed by atoms with E-state index in [2.05, 4.69) is 9.82 Å². The zero-order chi connectivity index (χ0) is 12.5. The average Bonchev–Trinajstić information content (AvgIpc) is 2.45. The van der Waals surface area contributed by atoms with Crippen LogP contribution >= 0.6 is 0 Å². The van der Waals surface area contributed by atoms with Crippen LogP contribution in [-0.4, -0.2) is 20.6 Å². The van der Waals surface area contributed by atoms with Gasteiger partial charge >= 0.3 is 11.9 Å². The molecule has 1 rings (SSSR count). The predicted octanol–water partition coefficient (Wildman–Crippen LogP) is 1.06. The van der Waals surface area contributed by atoms with E-state index >= 15 is 0 Å². The van der Waals surface area contributed by atoms with Crippen LogP contribution in [0.3, 0.4) is 0 Å². The number of carbonyl (C=O) groups excluding carboxylic acids is 1. The van der Waals surface area contributed by atoms with Crippen molar-refractivity contribution in [2.75, 3.05) is 0 Å². The molecule has 0 saturated heterocycles. The highest BCUT2D eigenvalue weighted by Crippen LogP contribution is 2.23. The Labute approximate surface area is 92.1 Å². The summed E-state index contributed by atoms with van der Waals surface area (Å²) in [5.41, 5.74) is 0.135. The lowest BCUT2D eigenvalue weighted by atomic mass is 9.93. The monoisotopic (exact) mass is 227 g/mol. The fourth-order valence-corrected chi connectivity index (χ4v) is 1.04. The first-order valence-corrected chi connectivity index (χ1v) is 4.65. The fourth-order valence-electron chi connectivity index (χ4n) is 1.04. The van der Waals surface area contributed by atoms with Gasteiger partial charge in [-0.05, 0) is 9.65 Å². The number of imidazole rings is 1. The SMILES string of the molecule is CC(=O)On1cc(C(C)(C)C)nc1[N+](=O)[O-]. The summed E-state index contributed by atoms with van der Waals surface area (Å²) in [6.07, 6.45) is 1.35. The topological polar surface area (TPSA) is 87.3 Å². The number of nitrogens with zero attached hydrogens (tertiary/aromatic N) is 3. The molecule has 1 heterocycles. The Morgan fingerprint density at radius 2 is 2.12 bits per heavy atom. The van der Waals surface area contributed by atoms with Crippen molar-refractivity contribution in [1.82, 2.24) is 9.71 Å². The van der Waals surface area contributed by atoms with E-state index in [1.807, 2.05) is 20.8 Å². The lowest BCUT2D eigenvalue weighted by Crippen LogP contribution is -2.17. The van der Waals surface area contributed by atoms with Gasteiger partial charge in [-0.1, -0.05) is 25.8 Å². The van der Waals surface area contributed by atoms with Crippen LogP contribution in [0.4, 0.5) is 5.95 Å². The first-order chi connectivity index (χ1) is 7.21. The second kappa shape index (κ2) is 3.92. The van der Waals surface area contributed by atoms with Gasteiger partial charge < -0.3 is 10.1 Å². The molecular formula is C9H13N3O4. The molecule has 7 heteroatoms. The molecule has 0 radical (unpaired) electrons. The van der Waals surface area contributed by atoms with Crippen molar-refractivity contribution < 1.29 is 14.6 Å². The minimum atomic E-state index is -0.696. The van der Waals surface area contributed by atoms with E-state index in [9.17, 15) is 14.9 Å². The molecule has 1 aromatic rings. The molecule has 0 aliphatic heterocycles. The van der Waals surface area contributed by atoms with Gasteiger partial charge in [0.1, 0.15) is 6.20 Å². The molecule has 0 bridgehead atoms. The van der Waals surface area contributed by atoms with Gasteiger partial charge in [0, 0.05) is 12.3 Å². The molecule has 0 spiro atoms. The second-order valence-corrected chi connectivity index (χ2v) is 4.34. The summed E-state index contributed by atoms with van der Waals surface area (Å²) < 4.78 is 0.781. The molecule has 0 N–H and O–H groups in total. The Hall–Kier alpha value is -1.92. The van der Waals surface area contributed by atoms with Crippen LogP contribution in [0.5, 0.6) is 0 Å². The van der Waals surface area contributed by atoms with Crippen LogP contribution in [0, 0.1) is 10.1 Å². The molecule has 0 aliphatic rings. The summed E-state index contributed by atoms with van der Waals surface area (Å²) >= 11 is 0. The van der Waals surface area contributed by atoms with E-state index in [1.54, 1.807) is 0 Å². The standard InChI is InChI=1S/C9H13N3O4/c1-6(13)16-11-5-7(9(2,3)4)10-8(11)12(14)15/h5H,1-4H3. The van der Waals surface area contributed by atoms with Gasteiger partial charge in [0.15, 0.2) is 5.69 Å². The summed E-state index contributed by atoms with van der Waals surface area (Å²) in [5.74, 6) is -1.14. The lowest BCUT2D eigenvalue weighted by molar-refractivity contribution is -0.400. The van der Waals surface area contributed by atoms with E-state index < -0.39 is 16.8 Å². The molecular weight excluding hydrogens is 214 g/mol. The largest absolute Gasteiger partial charge is 0.472 e. The number of aromatic nitrogens is 2. The Morgan fingerprint density at radius 1 is 1.56 bits per heavy atom. The van der Waals surface area contributed by atoms with E-state index in [0.29, 0.717) is 5.69 Å². The normalized spacial score (nSPS) is 11.2. The molecule has 0 fully saturated rings. The van der Waals surface area contributed by atoms with Crippen LogP contribution in [0.1, 0.15) is 33.4 Å². The Morgan fingerprint density at radius 3 is 2.50 bits per heavy atom. The van der Waals surface area contributed by atoms with Crippen LogP contribution in [0.15, 0.2) is 6.20 Å². The Balaban J connectivity index is 3.20. The van der Waals surface area contributed by atoms with Crippen molar-refractivity contribution in [2.24, 2.45) is 0 Å². The highest BCUT2D eigenvalue weighted by atomic mass is 16.7. The zero-order valence-corrected chi connectivity index (χ0v) is 9.55. The fraction of sp³-hybridized carbons (Fsp3) is 0.556. The molecule has 0 amide bonds. The average molecular weight is 227 g/mol. The maximum Gasteiger partial charge on any atom is 0.472 e. The molecule has 1 aromatic heterocycles. The number of nitro groups is 1. The first-order valence-electron chi connectivity index (χ1n) is 4.65. The van der Waals surface area contributed by atoms with Crippen LogP contribution in [0.25, 0.3) is 0 Å². The first kappa shape index (κ1) is 12.2. The molecule has 0 aliphatic carbocycles. The summed E-state index contributed by atoms with van der Waals surface area (Å²) in [5, 5.41) is 10.7. The maximum atomic E-state index is 10.8. The molecule has 7 nitrogen and oxygen atoms in total. The van der Waals surface area contributed by atoms with Crippen LogP contribution in [-0.2, 0) is 10.2 Å². The van der Waals surface area contributed by atoms with Gasteiger partial charge in [-0.15, -0.1) is 0 Å². The number of hydrogen-bond donors (Lipinski definition) is 0. The zero-order valence-electron chi connectivity index (χ0n) is 9.55. The van der Waals surface area contributed by atoms with Crippen molar-refractivity contribution in [1.29, 1.82) is 0 Å². The molecule has 0 aromatic carbocycles. The minimum Gasteiger partial charge on any atom is -0.390 e. The summed E-state index contributed by atoms with van der Waals surface area (Å²) in [6, 6.07) is 0. The Kier molecular flexibility index (Phi) is 2.97. The Bertz CT molecular complexity index is 430. The van der Waals surface area contributed by atoms with Crippen molar-refractivity contribution in [3.05, 3.63) is 22.0 Å². The van der Waals surface area contributed by atoms with E-state index in [0.717, 1.165) is 4.73 Å². The third kappa shape index (κ3) is 2.56. The number of rotatable bonds is 2. The van der Waals surface area contributed by atoms with Gasteiger partial charge in [-0.25, -0.2) is 4.79 Å². The van der Waals surface area contributed by atoms with Crippen molar-refractivity contribution in [2.45, 2.75) is 33.1 Å². The third-order valence-electron chi connectivity index (χ3n) is 1.82. The number of carbonyl (C=O) groups is 1. The highest BCUT2D eigenvalue weighted by molar-refractivity contribution is 5.66. The molecule has 16 heavy (non-hydrogen) atoms. The van der Waals surface area contributed by atoms with E-state index in [-0.39, 0.29) is 5.41 Å². The molecule has 0 saturated carbocycles.